The van der Waals surface area contributed by atoms with E-state index in [2.05, 4.69) is 24.4 Å². The number of nitrogens with one attached hydrogen (secondary N) is 1. The molecule has 1 heterocycles. The van der Waals surface area contributed by atoms with E-state index in [1.807, 2.05) is 26.0 Å². The number of carbonyl (C=O) groups excluding carboxylic acids is 2. The lowest BCUT2D eigenvalue weighted by molar-refractivity contribution is -0.141. The zero-order valence-electron chi connectivity index (χ0n) is 15.7. The van der Waals surface area contributed by atoms with Crippen molar-refractivity contribution in [3.63, 3.8) is 0 Å². The molecule has 0 bridgehead atoms. The first-order chi connectivity index (χ1) is 11.9. The highest BCUT2D eigenvalue weighted by molar-refractivity contribution is 5.94. The molecule has 1 atom stereocenters. The summed E-state index contributed by atoms with van der Waals surface area (Å²) in [5, 5.41) is 3.23. The lowest BCUT2D eigenvalue weighted by atomic mass is 9.86. The molecule has 1 aromatic rings. The van der Waals surface area contributed by atoms with Gasteiger partial charge in [0.1, 0.15) is 5.54 Å². The molecule has 3 rings (SSSR count). The van der Waals surface area contributed by atoms with Crippen LogP contribution in [-0.4, -0.2) is 28.3 Å². The van der Waals surface area contributed by atoms with Gasteiger partial charge in [-0.3, -0.25) is 9.59 Å². The SMILES string of the molecule is Cc1ccc(CN2C(=O)CCC2(C)C(=O)NC2CCC(C)CC2)cc1. The highest BCUT2D eigenvalue weighted by atomic mass is 16.2. The van der Waals surface area contributed by atoms with Crippen molar-refractivity contribution in [3.05, 3.63) is 35.4 Å². The molecule has 4 nitrogen and oxygen atoms in total. The van der Waals surface area contributed by atoms with Gasteiger partial charge < -0.3 is 10.2 Å². The number of rotatable bonds is 4. The van der Waals surface area contributed by atoms with Crippen LogP contribution in [0.4, 0.5) is 0 Å². The maximum atomic E-state index is 13.0. The van der Waals surface area contributed by atoms with E-state index in [1.54, 1.807) is 4.90 Å². The van der Waals surface area contributed by atoms with Crippen LogP contribution in [-0.2, 0) is 16.1 Å². The standard InChI is InChI=1S/C21H30N2O2/c1-15-4-8-17(9-5-15)14-23-19(24)12-13-21(23,3)20(25)22-18-10-6-16(2)7-11-18/h4-5,8-9,16,18H,6-7,10-14H2,1-3H3,(H,22,25). The Hall–Kier alpha value is -1.84. The molecule has 1 aliphatic heterocycles. The van der Waals surface area contributed by atoms with Crippen molar-refractivity contribution in [1.29, 1.82) is 0 Å². The average molecular weight is 342 g/mol. The molecule has 136 valence electrons. The third-order valence-electron chi connectivity index (χ3n) is 6.02. The van der Waals surface area contributed by atoms with Crippen molar-refractivity contribution in [2.24, 2.45) is 5.92 Å². The number of hydrogen-bond donors (Lipinski definition) is 1. The first-order valence-corrected chi connectivity index (χ1v) is 9.55. The van der Waals surface area contributed by atoms with Gasteiger partial charge in [-0.05, 0) is 57.4 Å². The van der Waals surface area contributed by atoms with Gasteiger partial charge in [0, 0.05) is 19.0 Å². The Bertz CT molecular complexity index is 632. The molecule has 4 heteroatoms. The number of amides is 2. The number of nitrogens with zero attached hydrogens (tertiary/aromatic N) is 1. The molecule has 0 radical (unpaired) electrons. The maximum absolute atomic E-state index is 13.0. The molecule has 1 unspecified atom stereocenters. The minimum atomic E-state index is -0.731. The van der Waals surface area contributed by atoms with Gasteiger partial charge in [0.25, 0.3) is 0 Å². The molecule has 2 amide bonds. The van der Waals surface area contributed by atoms with Crippen LogP contribution in [0.1, 0.15) is 63.5 Å². The maximum Gasteiger partial charge on any atom is 0.245 e. The van der Waals surface area contributed by atoms with Gasteiger partial charge in [-0.2, -0.15) is 0 Å². The van der Waals surface area contributed by atoms with Gasteiger partial charge in [-0.15, -0.1) is 0 Å². The molecular formula is C21H30N2O2. The van der Waals surface area contributed by atoms with Crippen LogP contribution in [0.5, 0.6) is 0 Å². The Morgan fingerprint density at radius 1 is 1.20 bits per heavy atom. The van der Waals surface area contributed by atoms with Crippen LogP contribution in [0.3, 0.4) is 0 Å². The molecule has 2 aliphatic rings. The Kier molecular flexibility index (Phi) is 5.16. The summed E-state index contributed by atoms with van der Waals surface area (Å²) in [6.45, 7) is 6.75. The molecule has 1 N–H and O–H groups in total. The molecule has 0 spiro atoms. The van der Waals surface area contributed by atoms with Crippen LogP contribution in [0, 0.1) is 12.8 Å². The number of likely N-dealkylation sites (tertiary alicyclic amines) is 1. The Morgan fingerprint density at radius 3 is 2.48 bits per heavy atom. The van der Waals surface area contributed by atoms with E-state index >= 15 is 0 Å². The van der Waals surface area contributed by atoms with Crippen molar-refractivity contribution in [2.75, 3.05) is 0 Å². The Labute approximate surface area is 151 Å². The molecule has 0 aromatic heterocycles. The number of carbonyl (C=O) groups is 2. The Balaban J connectivity index is 1.69. The monoisotopic (exact) mass is 342 g/mol. The number of benzene rings is 1. The molecule has 1 aliphatic carbocycles. The summed E-state index contributed by atoms with van der Waals surface area (Å²) in [6.07, 6.45) is 5.51. The van der Waals surface area contributed by atoms with E-state index < -0.39 is 5.54 Å². The van der Waals surface area contributed by atoms with E-state index in [4.69, 9.17) is 0 Å². The van der Waals surface area contributed by atoms with E-state index in [0.29, 0.717) is 19.4 Å². The Morgan fingerprint density at radius 2 is 1.84 bits per heavy atom. The van der Waals surface area contributed by atoms with E-state index in [9.17, 15) is 9.59 Å². The quantitative estimate of drug-likeness (QED) is 0.909. The second kappa shape index (κ2) is 7.19. The first-order valence-electron chi connectivity index (χ1n) is 9.55. The average Bonchev–Trinajstić information content (AvgIpc) is 2.88. The highest BCUT2D eigenvalue weighted by Crippen LogP contribution is 2.33. The zero-order chi connectivity index (χ0) is 18.0. The molecule has 25 heavy (non-hydrogen) atoms. The minimum Gasteiger partial charge on any atom is -0.351 e. The second-order valence-corrected chi connectivity index (χ2v) is 8.17. The second-order valence-electron chi connectivity index (χ2n) is 8.17. The summed E-state index contributed by atoms with van der Waals surface area (Å²) < 4.78 is 0. The largest absolute Gasteiger partial charge is 0.351 e. The predicted molar refractivity (Wildman–Crippen MR) is 98.9 cm³/mol. The number of aryl methyl sites for hydroxylation is 1. The van der Waals surface area contributed by atoms with Crippen molar-refractivity contribution >= 4 is 11.8 Å². The summed E-state index contributed by atoms with van der Waals surface area (Å²) in [5.74, 6) is 0.857. The summed E-state index contributed by atoms with van der Waals surface area (Å²) >= 11 is 0. The van der Waals surface area contributed by atoms with Crippen LogP contribution >= 0.6 is 0 Å². The van der Waals surface area contributed by atoms with Gasteiger partial charge in [-0.1, -0.05) is 36.8 Å². The van der Waals surface area contributed by atoms with E-state index in [0.717, 1.165) is 24.3 Å². The topological polar surface area (TPSA) is 49.4 Å². The van der Waals surface area contributed by atoms with Crippen LogP contribution < -0.4 is 5.32 Å². The van der Waals surface area contributed by atoms with Crippen LogP contribution in [0.2, 0.25) is 0 Å². The van der Waals surface area contributed by atoms with Crippen molar-refractivity contribution in [1.82, 2.24) is 10.2 Å². The highest BCUT2D eigenvalue weighted by Gasteiger charge is 2.47. The third kappa shape index (κ3) is 3.88. The van der Waals surface area contributed by atoms with Gasteiger partial charge in [-0.25, -0.2) is 0 Å². The molecule has 1 aromatic carbocycles. The summed E-state index contributed by atoms with van der Waals surface area (Å²) in [5.41, 5.74) is 1.54. The first kappa shape index (κ1) is 18.0. The van der Waals surface area contributed by atoms with Gasteiger partial charge in [0.05, 0.1) is 0 Å². The fraction of sp³-hybridized carbons (Fsp3) is 0.619. The third-order valence-corrected chi connectivity index (χ3v) is 6.02. The molecule has 2 fully saturated rings. The summed E-state index contributed by atoms with van der Waals surface area (Å²) in [7, 11) is 0. The normalized spacial score (nSPS) is 29.7. The minimum absolute atomic E-state index is 0.0185. The van der Waals surface area contributed by atoms with Crippen LogP contribution in [0.25, 0.3) is 0 Å². The number of hydrogen-bond acceptors (Lipinski definition) is 2. The predicted octanol–water partition coefficient (Wildman–Crippen LogP) is 3.57. The van der Waals surface area contributed by atoms with Gasteiger partial charge in [0.15, 0.2) is 0 Å². The van der Waals surface area contributed by atoms with Gasteiger partial charge >= 0.3 is 0 Å². The van der Waals surface area contributed by atoms with Gasteiger partial charge in [0.2, 0.25) is 11.8 Å². The fourth-order valence-electron chi connectivity index (χ4n) is 4.02. The summed E-state index contributed by atoms with van der Waals surface area (Å²) in [6, 6.07) is 8.45. The van der Waals surface area contributed by atoms with Crippen molar-refractivity contribution in [2.45, 2.75) is 77.4 Å². The van der Waals surface area contributed by atoms with E-state index in [-0.39, 0.29) is 17.9 Å². The lowest BCUT2D eigenvalue weighted by Crippen LogP contribution is -2.56. The molecule has 1 saturated heterocycles. The molecular weight excluding hydrogens is 312 g/mol. The summed E-state index contributed by atoms with van der Waals surface area (Å²) in [4.78, 5) is 27.2. The zero-order valence-corrected chi connectivity index (χ0v) is 15.7. The van der Waals surface area contributed by atoms with Crippen molar-refractivity contribution < 1.29 is 9.59 Å². The van der Waals surface area contributed by atoms with E-state index in [1.165, 1.54) is 18.4 Å². The lowest BCUT2D eigenvalue weighted by Gasteiger charge is -2.36. The molecule has 1 saturated carbocycles. The van der Waals surface area contributed by atoms with Crippen molar-refractivity contribution in [3.8, 4) is 0 Å². The fourth-order valence-corrected chi connectivity index (χ4v) is 4.02. The van der Waals surface area contributed by atoms with Crippen LogP contribution in [0.15, 0.2) is 24.3 Å². The smallest absolute Gasteiger partial charge is 0.245 e.